The van der Waals surface area contributed by atoms with Crippen LogP contribution in [0.25, 0.3) is 22.0 Å². The molecule has 0 radical (unpaired) electrons. The van der Waals surface area contributed by atoms with E-state index in [1.165, 1.54) is 25.3 Å². The number of esters is 1. The fraction of sp³-hybridized carbons (Fsp3) is 0.0435. The van der Waals surface area contributed by atoms with Crippen LogP contribution in [0.4, 0.5) is 5.69 Å². The van der Waals surface area contributed by atoms with Crippen molar-refractivity contribution in [2.45, 2.75) is 4.90 Å². The van der Waals surface area contributed by atoms with E-state index < -0.39 is 16.0 Å². The summed E-state index contributed by atoms with van der Waals surface area (Å²) in [6.07, 6.45) is 1.72. The maximum Gasteiger partial charge on any atom is 0.341 e. The monoisotopic (exact) mass is 434 g/mol. The molecule has 0 bridgehead atoms. The second kappa shape index (κ2) is 8.08. The zero-order valence-electron chi connectivity index (χ0n) is 16.4. The number of rotatable bonds is 5. The van der Waals surface area contributed by atoms with Gasteiger partial charge in [-0.2, -0.15) is 0 Å². The number of fused-ring (bicyclic) bond motifs is 1. The summed E-state index contributed by atoms with van der Waals surface area (Å²) in [5.41, 5.74) is 2.51. The van der Waals surface area contributed by atoms with Crippen molar-refractivity contribution in [2.75, 3.05) is 11.8 Å². The van der Waals surface area contributed by atoms with Gasteiger partial charge >= 0.3 is 5.97 Å². The predicted octanol–water partition coefficient (Wildman–Crippen LogP) is 4.19. The molecule has 0 unspecified atom stereocenters. The van der Waals surface area contributed by atoms with Crippen molar-refractivity contribution < 1.29 is 23.1 Å². The fourth-order valence-corrected chi connectivity index (χ4v) is 4.28. The summed E-state index contributed by atoms with van der Waals surface area (Å²) in [4.78, 5) is 15.9. The Morgan fingerprint density at radius 1 is 0.968 bits per heavy atom. The summed E-state index contributed by atoms with van der Waals surface area (Å²) in [5.74, 6) is -1.10. The molecule has 0 fully saturated rings. The number of benzene rings is 3. The lowest BCUT2D eigenvalue weighted by atomic mass is 10.0. The van der Waals surface area contributed by atoms with E-state index in [2.05, 4.69) is 14.4 Å². The highest BCUT2D eigenvalue weighted by Gasteiger charge is 2.18. The van der Waals surface area contributed by atoms with Gasteiger partial charge in [0.25, 0.3) is 10.0 Å². The van der Waals surface area contributed by atoms with Crippen molar-refractivity contribution in [1.82, 2.24) is 4.98 Å². The Morgan fingerprint density at radius 2 is 1.77 bits per heavy atom. The lowest BCUT2D eigenvalue weighted by molar-refractivity contribution is 0.0597. The van der Waals surface area contributed by atoms with Gasteiger partial charge in [0.2, 0.25) is 0 Å². The lowest BCUT2D eigenvalue weighted by Gasteiger charge is -2.11. The number of carbonyl (C=O) groups is 1. The first-order valence-electron chi connectivity index (χ1n) is 9.27. The van der Waals surface area contributed by atoms with Crippen molar-refractivity contribution in [3.63, 3.8) is 0 Å². The maximum atomic E-state index is 12.9. The van der Waals surface area contributed by atoms with Gasteiger partial charge in [0.15, 0.2) is 0 Å². The van der Waals surface area contributed by atoms with Crippen LogP contribution in [0.15, 0.2) is 83.9 Å². The first-order valence-corrected chi connectivity index (χ1v) is 10.7. The van der Waals surface area contributed by atoms with E-state index in [1.54, 1.807) is 18.3 Å². The molecule has 0 saturated carbocycles. The summed E-state index contributed by atoms with van der Waals surface area (Å²) < 4.78 is 32.8. The van der Waals surface area contributed by atoms with Gasteiger partial charge in [0, 0.05) is 17.6 Å². The number of sulfonamides is 1. The third kappa shape index (κ3) is 4.19. The Bertz CT molecular complexity index is 1400. The summed E-state index contributed by atoms with van der Waals surface area (Å²) >= 11 is 0. The Hall–Kier alpha value is -3.91. The molecule has 1 aromatic heterocycles. The molecule has 0 amide bonds. The van der Waals surface area contributed by atoms with Crippen LogP contribution >= 0.6 is 0 Å². The Kier molecular flexibility index (Phi) is 5.31. The third-order valence-corrected chi connectivity index (χ3v) is 6.11. The standard InChI is InChI=1S/C23H18N2O5S/c1-30-23(27)20-9-8-18(14-22(20)26)25-31(28,29)19-6-2-4-15(13-19)16-7-10-21-17(12-16)5-3-11-24-21/h2-14,25-26H,1H3. The van der Waals surface area contributed by atoms with Crippen molar-refractivity contribution in [1.29, 1.82) is 0 Å². The summed E-state index contributed by atoms with van der Waals surface area (Å²) in [6.45, 7) is 0. The number of aromatic nitrogens is 1. The smallest absolute Gasteiger partial charge is 0.341 e. The lowest BCUT2D eigenvalue weighted by Crippen LogP contribution is -2.13. The Balaban J connectivity index is 1.64. The highest BCUT2D eigenvalue weighted by atomic mass is 32.2. The third-order valence-electron chi connectivity index (χ3n) is 4.74. The minimum Gasteiger partial charge on any atom is -0.507 e. The molecule has 0 atom stereocenters. The molecule has 8 heteroatoms. The van der Waals surface area contributed by atoms with E-state index in [0.29, 0.717) is 0 Å². The number of carbonyl (C=O) groups excluding carboxylic acids is 1. The average Bonchev–Trinajstić information content (AvgIpc) is 2.78. The molecule has 4 aromatic rings. The second-order valence-electron chi connectivity index (χ2n) is 6.77. The largest absolute Gasteiger partial charge is 0.507 e. The molecular formula is C23H18N2O5S. The summed E-state index contributed by atoms with van der Waals surface area (Å²) in [7, 11) is -2.74. The number of aromatic hydroxyl groups is 1. The van der Waals surface area contributed by atoms with Crippen molar-refractivity contribution in [3.05, 3.63) is 84.6 Å². The molecule has 31 heavy (non-hydrogen) atoms. The van der Waals surface area contributed by atoms with Gasteiger partial charge in [-0.15, -0.1) is 0 Å². The van der Waals surface area contributed by atoms with Crippen LogP contribution in [0.2, 0.25) is 0 Å². The topological polar surface area (TPSA) is 106 Å². The van der Waals surface area contributed by atoms with E-state index in [-0.39, 0.29) is 21.9 Å². The van der Waals surface area contributed by atoms with E-state index in [4.69, 9.17) is 0 Å². The number of nitrogens with zero attached hydrogens (tertiary/aromatic N) is 1. The molecule has 0 spiro atoms. The van der Waals surface area contributed by atoms with Gasteiger partial charge in [-0.3, -0.25) is 9.71 Å². The molecule has 2 N–H and O–H groups in total. The normalized spacial score (nSPS) is 11.3. The zero-order valence-corrected chi connectivity index (χ0v) is 17.3. The number of nitrogens with one attached hydrogen (secondary N) is 1. The number of ether oxygens (including phenoxy) is 1. The van der Waals surface area contributed by atoms with Crippen molar-refractivity contribution in [3.8, 4) is 16.9 Å². The van der Waals surface area contributed by atoms with Crippen LogP contribution in [0.3, 0.4) is 0 Å². The molecule has 0 aliphatic rings. The van der Waals surface area contributed by atoms with E-state index in [0.717, 1.165) is 28.1 Å². The summed E-state index contributed by atoms with van der Waals surface area (Å²) in [5, 5.41) is 11.0. The number of hydrogen-bond acceptors (Lipinski definition) is 6. The Labute approximate surface area is 179 Å². The minimum absolute atomic E-state index is 0.0572. The van der Waals surface area contributed by atoms with Crippen LogP contribution in [0, 0.1) is 0 Å². The molecule has 0 aliphatic heterocycles. The SMILES string of the molecule is COC(=O)c1ccc(NS(=O)(=O)c2cccc(-c3ccc4ncccc4c3)c2)cc1O. The number of phenolic OH excluding ortho intramolecular Hbond substituents is 1. The van der Waals surface area contributed by atoms with E-state index in [1.807, 2.05) is 36.4 Å². The van der Waals surface area contributed by atoms with Crippen LogP contribution in [-0.2, 0) is 14.8 Å². The highest BCUT2D eigenvalue weighted by Crippen LogP contribution is 2.28. The van der Waals surface area contributed by atoms with Gasteiger partial charge in [-0.05, 0) is 53.6 Å². The maximum absolute atomic E-state index is 12.9. The fourth-order valence-electron chi connectivity index (χ4n) is 3.19. The zero-order chi connectivity index (χ0) is 22.0. The second-order valence-corrected chi connectivity index (χ2v) is 8.45. The van der Waals surface area contributed by atoms with Crippen LogP contribution < -0.4 is 4.72 Å². The number of hydrogen-bond donors (Lipinski definition) is 2. The van der Waals surface area contributed by atoms with Gasteiger partial charge in [0.1, 0.15) is 11.3 Å². The van der Waals surface area contributed by atoms with Crippen LogP contribution in [0.1, 0.15) is 10.4 Å². The minimum atomic E-state index is -3.93. The first kappa shape index (κ1) is 20.4. The molecule has 7 nitrogen and oxygen atoms in total. The van der Waals surface area contributed by atoms with E-state index >= 15 is 0 Å². The first-order chi connectivity index (χ1) is 14.9. The highest BCUT2D eigenvalue weighted by molar-refractivity contribution is 7.92. The van der Waals surface area contributed by atoms with Gasteiger partial charge in [-0.1, -0.05) is 24.3 Å². The van der Waals surface area contributed by atoms with E-state index in [9.17, 15) is 18.3 Å². The molecule has 3 aromatic carbocycles. The van der Waals surface area contributed by atoms with Crippen molar-refractivity contribution in [2.24, 2.45) is 0 Å². The molecule has 4 rings (SSSR count). The summed E-state index contributed by atoms with van der Waals surface area (Å²) in [6, 6.07) is 19.9. The number of pyridine rings is 1. The van der Waals surface area contributed by atoms with Gasteiger partial charge in [-0.25, -0.2) is 13.2 Å². The molecule has 156 valence electrons. The quantitative estimate of drug-likeness (QED) is 0.456. The van der Waals surface area contributed by atoms with Gasteiger partial charge < -0.3 is 9.84 Å². The number of anilines is 1. The van der Waals surface area contributed by atoms with Crippen molar-refractivity contribution >= 4 is 32.6 Å². The molecule has 1 heterocycles. The molecular weight excluding hydrogens is 416 g/mol. The van der Waals surface area contributed by atoms with Crippen LogP contribution in [-0.4, -0.2) is 31.6 Å². The average molecular weight is 434 g/mol. The van der Waals surface area contributed by atoms with Crippen LogP contribution in [0.5, 0.6) is 5.75 Å². The predicted molar refractivity (Wildman–Crippen MR) is 117 cm³/mol. The number of methoxy groups -OCH3 is 1. The Morgan fingerprint density at radius 3 is 2.55 bits per heavy atom. The van der Waals surface area contributed by atoms with Gasteiger partial charge in [0.05, 0.1) is 23.2 Å². The molecule has 0 saturated heterocycles. The number of phenols is 1. The molecule has 0 aliphatic carbocycles.